The topological polar surface area (TPSA) is 45.2 Å². The number of carbonyl (C=O) groups is 1. The van der Waals surface area contributed by atoms with Crippen LogP contribution >= 0.6 is 11.3 Å². The van der Waals surface area contributed by atoms with Gasteiger partial charge in [-0.25, -0.2) is 4.98 Å². The number of alkyl halides is 3. The van der Waals surface area contributed by atoms with Gasteiger partial charge in [-0.3, -0.25) is 4.79 Å². The van der Waals surface area contributed by atoms with E-state index >= 15 is 0 Å². The molecule has 4 nitrogen and oxygen atoms in total. The summed E-state index contributed by atoms with van der Waals surface area (Å²) in [5.74, 6) is -0.218. The first-order valence-electron chi connectivity index (χ1n) is 9.40. The molecule has 152 valence electrons. The number of anilines is 2. The van der Waals surface area contributed by atoms with Crippen LogP contribution in [0.5, 0.6) is 0 Å². The van der Waals surface area contributed by atoms with Gasteiger partial charge in [0.1, 0.15) is 0 Å². The van der Waals surface area contributed by atoms with Crippen molar-refractivity contribution in [2.24, 2.45) is 5.92 Å². The van der Waals surface area contributed by atoms with E-state index in [-0.39, 0.29) is 11.8 Å². The van der Waals surface area contributed by atoms with Crippen LogP contribution in [0.1, 0.15) is 23.4 Å². The van der Waals surface area contributed by atoms with Crippen LogP contribution in [0.3, 0.4) is 0 Å². The first-order valence-corrected chi connectivity index (χ1v) is 10.2. The molecule has 29 heavy (non-hydrogen) atoms. The number of aromatic nitrogens is 1. The summed E-state index contributed by atoms with van der Waals surface area (Å²) in [6.45, 7) is 3.04. The Balaban J connectivity index is 1.38. The molecular weight excluding hydrogens is 399 g/mol. The molecule has 1 saturated heterocycles. The van der Waals surface area contributed by atoms with E-state index in [1.807, 2.05) is 30.0 Å². The van der Waals surface area contributed by atoms with Gasteiger partial charge in [0, 0.05) is 30.4 Å². The molecule has 1 aliphatic rings. The standard InChI is InChI=1S/C21H20F3N3OS/c1-13-25-18-12-16(5-6-19(18)29-13)26-20(28)14-7-9-27(10-8-14)17-4-2-3-15(11-17)21(22,23)24/h2-6,11-12,14H,7-10H2,1H3,(H,26,28). The average Bonchev–Trinajstić information content (AvgIpc) is 3.07. The van der Waals surface area contributed by atoms with E-state index in [2.05, 4.69) is 10.3 Å². The first-order chi connectivity index (χ1) is 13.8. The molecule has 4 rings (SSSR count). The molecular formula is C21H20F3N3OS. The van der Waals surface area contributed by atoms with Crippen LogP contribution in [0.25, 0.3) is 10.2 Å². The van der Waals surface area contributed by atoms with Crippen LogP contribution in [0.4, 0.5) is 24.5 Å². The molecule has 1 fully saturated rings. The predicted octanol–water partition coefficient (Wildman–Crippen LogP) is 5.48. The number of halogens is 3. The smallest absolute Gasteiger partial charge is 0.371 e. The van der Waals surface area contributed by atoms with Crippen LogP contribution in [-0.2, 0) is 11.0 Å². The van der Waals surface area contributed by atoms with E-state index in [0.29, 0.717) is 37.3 Å². The number of nitrogens with one attached hydrogen (secondary N) is 1. The third-order valence-corrected chi connectivity index (χ3v) is 6.12. The van der Waals surface area contributed by atoms with E-state index in [1.54, 1.807) is 17.4 Å². The first kappa shape index (κ1) is 19.7. The van der Waals surface area contributed by atoms with Crippen molar-refractivity contribution in [3.8, 4) is 0 Å². The molecule has 1 N–H and O–H groups in total. The van der Waals surface area contributed by atoms with Gasteiger partial charge in [-0.2, -0.15) is 13.2 Å². The van der Waals surface area contributed by atoms with Gasteiger partial charge in [-0.05, 0) is 56.2 Å². The van der Waals surface area contributed by atoms with Gasteiger partial charge in [0.05, 0.1) is 20.8 Å². The van der Waals surface area contributed by atoms with Gasteiger partial charge in [0.25, 0.3) is 0 Å². The average molecular weight is 419 g/mol. The minimum atomic E-state index is -4.36. The zero-order chi connectivity index (χ0) is 20.6. The number of amides is 1. The van der Waals surface area contributed by atoms with Crippen molar-refractivity contribution in [1.82, 2.24) is 4.98 Å². The lowest BCUT2D eigenvalue weighted by atomic mass is 9.95. The number of carbonyl (C=O) groups excluding carboxylic acids is 1. The summed E-state index contributed by atoms with van der Waals surface area (Å²) in [5.41, 5.74) is 1.48. The van der Waals surface area contributed by atoms with Crippen LogP contribution in [0.2, 0.25) is 0 Å². The van der Waals surface area contributed by atoms with E-state index in [0.717, 1.165) is 21.3 Å². The molecule has 2 heterocycles. The summed E-state index contributed by atoms with van der Waals surface area (Å²) < 4.78 is 39.9. The number of piperidine rings is 1. The lowest BCUT2D eigenvalue weighted by Gasteiger charge is -2.33. The summed E-state index contributed by atoms with van der Waals surface area (Å²) in [4.78, 5) is 19.0. The predicted molar refractivity (Wildman–Crippen MR) is 109 cm³/mol. The summed E-state index contributed by atoms with van der Waals surface area (Å²) >= 11 is 1.61. The minimum absolute atomic E-state index is 0.0556. The largest absolute Gasteiger partial charge is 0.416 e. The van der Waals surface area contributed by atoms with Crippen molar-refractivity contribution in [3.05, 3.63) is 53.0 Å². The zero-order valence-electron chi connectivity index (χ0n) is 15.8. The quantitative estimate of drug-likeness (QED) is 0.612. The summed E-state index contributed by atoms with van der Waals surface area (Å²) in [7, 11) is 0. The highest BCUT2D eigenvalue weighted by Gasteiger charge is 2.31. The summed E-state index contributed by atoms with van der Waals surface area (Å²) in [6.07, 6.45) is -3.16. The Morgan fingerprint density at radius 1 is 1.17 bits per heavy atom. The number of aryl methyl sites for hydroxylation is 1. The third-order valence-electron chi connectivity index (χ3n) is 5.17. The summed E-state index contributed by atoms with van der Waals surface area (Å²) in [5, 5.41) is 3.93. The lowest BCUT2D eigenvalue weighted by molar-refractivity contribution is -0.137. The van der Waals surface area contributed by atoms with Gasteiger partial charge >= 0.3 is 6.18 Å². The Morgan fingerprint density at radius 2 is 1.93 bits per heavy atom. The van der Waals surface area contributed by atoms with E-state index in [1.165, 1.54) is 12.1 Å². The number of fused-ring (bicyclic) bond motifs is 1. The number of nitrogens with zero attached hydrogens (tertiary/aromatic N) is 2. The van der Waals surface area contributed by atoms with Gasteiger partial charge in [-0.1, -0.05) is 6.07 Å². The molecule has 0 bridgehead atoms. The number of thiazole rings is 1. The van der Waals surface area contributed by atoms with Gasteiger partial charge in [0.2, 0.25) is 5.91 Å². The van der Waals surface area contributed by atoms with Gasteiger partial charge < -0.3 is 10.2 Å². The molecule has 3 aromatic rings. The highest BCUT2D eigenvalue weighted by molar-refractivity contribution is 7.18. The molecule has 1 aromatic heterocycles. The Hall–Kier alpha value is -2.61. The molecule has 0 atom stereocenters. The third kappa shape index (κ3) is 4.37. The normalized spacial score (nSPS) is 15.7. The van der Waals surface area contributed by atoms with E-state index in [9.17, 15) is 18.0 Å². The van der Waals surface area contributed by atoms with E-state index in [4.69, 9.17) is 0 Å². The molecule has 2 aromatic carbocycles. The molecule has 0 saturated carbocycles. The molecule has 0 aliphatic carbocycles. The Labute approximate surface area is 170 Å². The maximum absolute atomic E-state index is 12.9. The second-order valence-corrected chi connectivity index (χ2v) is 8.45. The SMILES string of the molecule is Cc1nc2cc(NC(=O)C3CCN(c4cccc(C(F)(F)F)c4)CC3)ccc2s1. The Bertz CT molecular complexity index is 1040. The molecule has 1 amide bonds. The van der Waals surface area contributed by atoms with Gasteiger partial charge in [0.15, 0.2) is 0 Å². The van der Waals surface area contributed by atoms with Crippen molar-refractivity contribution in [2.75, 3.05) is 23.3 Å². The van der Waals surface area contributed by atoms with Crippen molar-refractivity contribution in [2.45, 2.75) is 25.9 Å². The second-order valence-electron chi connectivity index (χ2n) is 7.21. The zero-order valence-corrected chi connectivity index (χ0v) is 16.6. The Morgan fingerprint density at radius 3 is 2.66 bits per heavy atom. The number of hydrogen-bond acceptors (Lipinski definition) is 4. The lowest BCUT2D eigenvalue weighted by Crippen LogP contribution is -2.38. The Kier molecular flexibility index (Phi) is 5.21. The second kappa shape index (κ2) is 7.67. The fraction of sp³-hybridized carbons (Fsp3) is 0.333. The number of benzene rings is 2. The van der Waals surface area contributed by atoms with Crippen LogP contribution < -0.4 is 10.2 Å². The number of rotatable bonds is 3. The van der Waals surface area contributed by atoms with E-state index < -0.39 is 11.7 Å². The van der Waals surface area contributed by atoms with Crippen molar-refractivity contribution < 1.29 is 18.0 Å². The van der Waals surface area contributed by atoms with Crippen LogP contribution in [-0.4, -0.2) is 24.0 Å². The molecule has 0 spiro atoms. The fourth-order valence-electron chi connectivity index (χ4n) is 3.64. The van der Waals surface area contributed by atoms with Gasteiger partial charge in [-0.15, -0.1) is 11.3 Å². The maximum Gasteiger partial charge on any atom is 0.416 e. The van der Waals surface area contributed by atoms with Crippen molar-refractivity contribution in [1.29, 1.82) is 0 Å². The highest BCUT2D eigenvalue weighted by Crippen LogP contribution is 2.33. The van der Waals surface area contributed by atoms with Crippen molar-refractivity contribution in [3.63, 3.8) is 0 Å². The molecule has 0 unspecified atom stereocenters. The van der Waals surface area contributed by atoms with Crippen LogP contribution in [0, 0.1) is 12.8 Å². The molecule has 8 heteroatoms. The number of hydrogen-bond donors (Lipinski definition) is 1. The van der Waals surface area contributed by atoms with Crippen molar-refractivity contribution >= 4 is 38.8 Å². The maximum atomic E-state index is 12.9. The molecule has 1 aliphatic heterocycles. The molecule has 0 radical (unpaired) electrons. The highest BCUT2D eigenvalue weighted by atomic mass is 32.1. The fourth-order valence-corrected chi connectivity index (χ4v) is 4.45. The van der Waals surface area contributed by atoms with Crippen LogP contribution in [0.15, 0.2) is 42.5 Å². The monoisotopic (exact) mass is 419 g/mol. The summed E-state index contributed by atoms with van der Waals surface area (Å²) in [6, 6.07) is 11.0. The minimum Gasteiger partial charge on any atom is -0.371 e.